The van der Waals surface area contributed by atoms with Crippen LogP contribution in [-0.2, 0) is 22.4 Å². The van der Waals surface area contributed by atoms with Crippen molar-refractivity contribution >= 4 is 22.7 Å². The summed E-state index contributed by atoms with van der Waals surface area (Å²) < 4.78 is 6.72. The van der Waals surface area contributed by atoms with Crippen molar-refractivity contribution in [3.8, 4) is 0 Å². The maximum Gasteiger partial charge on any atom is 0.331 e. The van der Waals surface area contributed by atoms with Gasteiger partial charge in [-0.25, -0.2) is 9.48 Å². The van der Waals surface area contributed by atoms with E-state index < -0.39 is 12.0 Å². The lowest BCUT2D eigenvalue weighted by molar-refractivity contribution is -0.146. The molecule has 4 aromatic rings. The number of rotatable bonds is 8. The van der Waals surface area contributed by atoms with Crippen LogP contribution in [-0.4, -0.2) is 43.6 Å². The Morgan fingerprint density at radius 2 is 1.97 bits per heavy atom. The molecule has 0 radical (unpaired) electrons. The molecule has 0 aliphatic rings. The molecule has 0 amide bonds. The van der Waals surface area contributed by atoms with E-state index in [2.05, 4.69) is 27.4 Å². The molecule has 0 bridgehead atoms. The molecule has 0 saturated heterocycles. The topological polar surface area (TPSA) is 103 Å². The Balaban J connectivity index is 1.49. The molecule has 0 aliphatic heterocycles. The predicted octanol–water partition coefficient (Wildman–Crippen LogP) is 2.93. The van der Waals surface area contributed by atoms with E-state index in [1.165, 1.54) is 11.0 Å². The highest BCUT2D eigenvalue weighted by atomic mass is 16.5. The number of Topliss-reactive ketones (excluding diaryl/α,β-unsaturated/α-hetero) is 1. The van der Waals surface area contributed by atoms with Crippen molar-refractivity contribution in [1.82, 2.24) is 25.2 Å². The third-order valence-corrected chi connectivity index (χ3v) is 5.06. The molecule has 2 aromatic heterocycles. The van der Waals surface area contributed by atoms with E-state index >= 15 is 0 Å². The molecule has 4 rings (SSSR count). The largest absolute Gasteiger partial charge is 0.456 e. The first kappa shape index (κ1) is 19.5. The summed E-state index contributed by atoms with van der Waals surface area (Å²) in [5, 5.41) is 11.9. The first-order valence-electron chi connectivity index (χ1n) is 9.72. The van der Waals surface area contributed by atoms with E-state index in [4.69, 9.17) is 4.74 Å². The quantitative estimate of drug-likeness (QED) is 0.358. The van der Waals surface area contributed by atoms with Gasteiger partial charge in [-0.1, -0.05) is 55.5 Å². The monoisotopic (exact) mass is 403 g/mol. The summed E-state index contributed by atoms with van der Waals surface area (Å²) in [4.78, 5) is 28.7. The van der Waals surface area contributed by atoms with Crippen LogP contribution in [0.1, 0.15) is 34.5 Å². The van der Waals surface area contributed by atoms with Gasteiger partial charge in [0, 0.05) is 29.1 Å². The molecule has 2 heterocycles. The second-order valence-electron chi connectivity index (χ2n) is 6.92. The van der Waals surface area contributed by atoms with Gasteiger partial charge >= 0.3 is 5.97 Å². The fourth-order valence-electron chi connectivity index (χ4n) is 3.49. The molecule has 0 fully saturated rings. The van der Waals surface area contributed by atoms with Gasteiger partial charge in [0.05, 0.1) is 0 Å². The summed E-state index contributed by atoms with van der Waals surface area (Å²) in [5.74, 6) is -0.827. The SMILES string of the molecule is CCc1cccc2c(C(=O)COC(=O)[C@H](Cc3ccccc3)n3cnnn3)c[nH]c12. The number of hydrogen-bond acceptors (Lipinski definition) is 6. The zero-order valence-electron chi connectivity index (χ0n) is 16.5. The number of carbonyl (C=O) groups is 2. The second-order valence-corrected chi connectivity index (χ2v) is 6.92. The Morgan fingerprint density at radius 1 is 1.13 bits per heavy atom. The number of nitrogens with zero attached hydrogens (tertiary/aromatic N) is 4. The van der Waals surface area contributed by atoms with Gasteiger partial charge < -0.3 is 9.72 Å². The number of esters is 1. The van der Waals surface area contributed by atoms with E-state index in [0.717, 1.165) is 28.5 Å². The molecule has 30 heavy (non-hydrogen) atoms. The molecule has 152 valence electrons. The van der Waals surface area contributed by atoms with Crippen LogP contribution in [0.5, 0.6) is 0 Å². The normalized spacial score (nSPS) is 12.0. The van der Waals surface area contributed by atoms with Gasteiger partial charge in [0.1, 0.15) is 6.33 Å². The van der Waals surface area contributed by atoms with Crippen molar-refractivity contribution < 1.29 is 14.3 Å². The van der Waals surface area contributed by atoms with Gasteiger partial charge in [-0.05, 0) is 28.0 Å². The van der Waals surface area contributed by atoms with E-state index in [1.54, 1.807) is 6.20 Å². The summed E-state index contributed by atoms with van der Waals surface area (Å²) in [6.45, 7) is 1.71. The van der Waals surface area contributed by atoms with Crippen LogP contribution in [0.2, 0.25) is 0 Å². The summed E-state index contributed by atoms with van der Waals surface area (Å²) in [6.07, 6.45) is 4.24. The van der Waals surface area contributed by atoms with Crippen molar-refractivity contribution in [2.24, 2.45) is 0 Å². The van der Waals surface area contributed by atoms with Crippen molar-refractivity contribution in [3.63, 3.8) is 0 Å². The van der Waals surface area contributed by atoms with Crippen molar-refractivity contribution in [2.45, 2.75) is 25.8 Å². The van der Waals surface area contributed by atoms with Crippen LogP contribution < -0.4 is 0 Å². The molecule has 8 nitrogen and oxygen atoms in total. The van der Waals surface area contributed by atoms with Crippen LogP contribution in [0, 0.1) is 0 Å². The number of carbonyl (C=O) groups excluding carboxylic acids is 2. The first-order valence-corrected chi connectivity index (χ1v) is 9.72. The Labute approximate surface area is 172 Å². The standard InChI is InChI=1S/C22H21N5O3/c1-2-16-9-6-10-17-18(12-23-21(16)17)20(28)13-30-22(29)19(27-14-24-25-26-27)11-15-7-4-3-5-8-15/h3-10,12,14,19,23H,2,11,13H2,1H3/t19-/m0/s1. The molecular weight excluding hydrogens is 382 g/mol. The van der Waals surface area contributed by atoms with Crippen LogP contribution in [0.25, 0.3) is 10.9 Å². The Hall–Kier alpha value is -3.81. The molecule has 2 aromatic carbocycles. The molecule has 0 aliphatic carbocycles. The molecule has 0 spiro atoms. The number of aryl methyl sites for hydroxylation is 1. The number of ketones is 1. The van der Waals surface area contributed by atoms with Gasteiger partial charge in [0.2, 0.25) is 5.78 Å². The van der Waals surface area contributed by atoms with Crippen LogP contribution >= 0.6 is 0 Å². The van der Waals surface area contributed by atoms with Gasteiger partial charge in [-0.2, -0.15) is 0 Å². The van der Waals surface area contributed by atoms with Gasteiger partial charge in [0.15, 0.2) is 12.6 Å². The number of para-hydroxylation sites is 1. The molecule has 1 atom stereocenters. The number of tetrazole rings is 1. The summed E-state index contributed by atoms with van der Waals surface area (Å²) in [5.41, 5.74) is 3.51. The highest BCUT2D eigenvalue weighted by Crippen LogP contribution is 2.23. The average Bonchev–Trinajstić information content (AvgIpc) is 3.46. The third-order valence-electron chi connectivity index (χ3n) is 5.06. The summed E-state index contributed by atoms with van der Waals surface area (Å²) in [7, 11) is 0. The van der Waals surface area contributed by atoms with Crippen molar-refractivity contribution in [2.75, 3.05) is 6.61 Å². The lowest BCUT2D eigenvalue weighted by atomic mass is 10.1. The summed E-state index contributed by atoms with van der Waals surface area (Å²) >= 11 is 0. The van der Waals surface area contributed by atoms with Crippen LogP contribution in [0.15, 0.2) is 61.1 Å². The number of fused-ring (bicyclic) bond motifs is 1. The number of aromatic amines is 1. The molecule has 0 saturated carbocycles. The first-order chi connectivity index (χ1) is 14.7. The maximum atomic E-state index is 12.8. The number of H-pyrrole nitrogens is 1. The van der Waals surface area contributed by atoms with E-state index in [1.807, 2.05) is 48.5 Å². The molecule has 0 unspecified atom stereocenters. The van der Waals surface area contributed by atoms with E-state index in [9.17, 15) is 9.59 Å². The highest BCUT2D eigenvalue weighted by Gasteiger charge is 2.25. The molecule has 1 N–H and O–H groups in total. The minimum absolute atomic E-state index is 0.266. The number of nitrogens with one attached hydrogen (secondary N) is 1. The third kappa shape index (κ3) is 3.98. The number of ether oxygens (including phenoxy) is 1. The summed E-state index contributed by atoms with van der Waals surface area (Å²) in [6, 6.07) is 14.6. The van der Waals surface area contributed by atoms with Gasteiger partial charge in [-0.15, -0.1) is 5.10 Å². The Bertz CT molecular complexity index is 1150. The van der Waals surface area contributed by atoms with Crippen molar-refractivity contribution in [1.29, 1.82) is 0 Å². The van der Waals surface area contributed by atoms with Crippen LogP contribution in [0.4, 0.5) is 0 Å². The van der Waals surface area contributed by atoms with Crippen LogP contribution in [0.3, 0.4) is 0 Å². The minimum atomic E-state index is -0.759. The molecule has 8 heteroatoms. The highest BCUT2D eigenvalue weighted by molar-refractivity contribution is 6.09. The number of hydrogen-bond donors (Lipinski definition) is 1. The second kappa shape index (κ2) is 8.69. The molecular formula is C22H21N5O3. The Morgan fingerprint density at radius 3 is 2.70 bits per heavy atom. The lowest BCUT2D eigenvalue weighted by Gasteiger charge is -2.15. The zero-order valence-corrected chi connectivity index (χ0v) is 16.5. The number of aromatic nitrogens is 5. The predicted molar refractivity (Wildman–Crippen MR) is 110 cm³/mol. The lowest BCUT2D eigenvalue weighted by Crippen LogP contribution is -2.26. The fourth-order valence-corrected chi connectivity index (χ4v) is 3.49. The number of benzene rings is 2. The van der Waals surface area contributed by atoms with Gasteiger partial charge in [0.25, 0.3) is 0 Å². The van der Waals surface area contributed by atoms with Gasteiger partial charge in [-0.3, -0.25) is 4.79 Å². The zero-order chi connectivity index (χ0) is 20.9. The van der Waals surface area contributed by atoms with Crippen molar-refractivity contribution in [3.05, 3.63) is 77.7 Å². The fraction of sp³-hybridized carbons (Fsp3) is 0.227. The van der Waals surface area contributed by atoms with E-state index in [0.29, 0.717) is 12.0 Å². The average molecular weight is 403 g/mol. The Kier molecular flexibility index (Phi) is 5.65. The minimum Gasteiger partial charge on any atom is -0.456 e. The maximum absolute atomic E-state index is 12.8. The van der Waals surface area contributed by atoms with E-state index in [-0.39, 0.29) is 12.4 Å². The smallest absolute Gasteiger partial charge is 0.331 e.